The molecule has 6 heteroatoms. The van der Waals surface area contributed by atoms with Gasteiger partial charge in [0.2, 0.25) is 11.8 Å². The van der Waals surface area contributed by atoms with Gasteiger partial charge in [0.25, 0.3) is 0 Å². The van der Waals surface area contributed by atoms with Crippen molar-refractivity contribution < 1.29 is 9.59 Å². The molecule has 0 bridgehead atoms. The lowest BCUT2D eigenvalue weighted by atomic mass is 9.91. The molecule has 1 aromatic heterocycles. The first kappa shape index (κ1) is 28.8. The average Bonchev–Trinajstić information content (AvgIpc) is 3.37. The van der Waals surface area contributed by atoms with Crippen LogP contribution in [0.25, 0.3) is 10.1 Å². The molecule has 5 rings (SSSR count). The number of rotatable bonds is 7. The molecular formula is C34H45N3O2S. The highest BCUT2D eigenvalue weighted by molar-refractivity contribution is 7.19. The van der Waals surface area contributed by atoms with Crippen molar-refractivity contribution in [1.29, 1.82) is 0 Å². The van der Waals surface area contributed by atoms with Crippen molar-refractivity contribution in [3.63, 3.8) is 0 Å². The van der Waals surface area contributed by atoms with Gasteiger partial charge >= 0.3 is 0 Å². The fourth-order valence-electron chi connectivity index (χ4n) is 6.52. The Morgan fingerprint density at radius 2 is 1.57 bits per heavy atom. The third kappa shape index (κ3) is 6.28. The molecule has 3 heterocycles. The largest absolute Gasteiger partial charge is 0.343 e. The number of fused-ring (bicyclic) bond motifs is 1. The van der Waals surface area contributed by atoms with Crippen LogP contribution in [0.15, 0.2) is 54.6 Å². The van der Waals surface area contributed by atoms with Gasteiger partial charge in [0.1, 0.15) is 0 Å². The molecule has 0 radical (unpaired) electrons. The van der Waals surface area contributed by atoms with E-state index in [-0.39, 0.29) is 18.0 Å². The molecule has 2 aliphatic rings. The van der Waals surface area contributed by atoms with Gasteiger partial charge in [-0.3, -0.25) is 14.5 Å². The minimum atomic E-state index is 0.146. The lowest BCUT2D eigenvalue weighted by Crippen LogP contribution is -2.58. The first-order valence-electron chi connectivity index (χ1n) is 15.1. The van der Waals surface area contributed by atoms with Crippen LogP contribution in [0.5, 0.6) is 0 Å². The second kappa shape index (κ2) is 12.4. The third-order valence-electron chi connectivity index (χ3n) is 9.06. The number of piperidine rings is 1. The Bertz CT molecular complexity index is 1270. The second-order valence-corrected chi connectivity index (χ2v) is 13.6. The van der Waals surface area contributed by atoms with E-state index in [1.807, 2.05) is 16.2 Å². The van der Waals surface area contributed by atoms with Crippen LogP contribution in [0.3, 0.4) is 0 Å². The Morgan fingerprint density at radius 3 is 2.20 bits per heavy atom. The average molecular weight is 560 g/mol. The summed E-state index contributed by atoms with van der Waals surface area (Å²) in [6.07, 6.45) is 2.46. The molecule has 0 aliphatic carbocycles. The van der Waals surface area contributed by atoms with Crippen LogP contribution in [-0.2, 0) is 9.59 Å². The maximum absolute atomic E-state index is 13.7. The number of benzene rings is 2. The maximum Gasteiger partial charge on any atom is 0.223 e. The smallest absolute Gasteiger partial charge is 0.223 e. The summed E-state index contributed by atoms with van der Waals surface area (Å²) in [5, 5.41) is 1.30. The van der Waals surface area contributed by atoms with Crippen molar-refractivity contribution in [1.82, 2.24) is 14.7 Å². The highest BCUT2D eigenvalue weighted by Gasteiger charge is 2.37. The van der Waals surface area contributed by atoms with Gasteiger partial charge in [0, 0.05) is 61.7 Å². The van der Waals surface area contributed by atoms with Gasteiger partial charge in [-0.25, -0.2) is 0 Å². The molecule has 2 atom stereocenters. The standard InChI is InChI=1S/C34H45N3O2S/c1-23(2)27-10-12-28(13-11-27)34(32-21-29-8-6-7-9-31(29)40-32)36-18-19-37(30(22-36)24(3)4)33(39)20-26-14-16-35(17-15-26)25(5)38/h6-13,21,23-24,26,30,34H,14-20,22H2,1-5H3/t30-,34?/m1/s1. The summed E-state index contributed by atoms with van der Waals surface area (Å²) >= 11 is 1.90. The molecule has 2 saturated heterocycles. The zero-order valence-corrected chi connectivity index (χ0v) is 25.6. The summed E-state index contributed by atoms with van der Waals surface area (Å²) in [6, 6.07) is 20.6. The zero-order valence-electron chi connectivity index (χ0n) is 24.8. The summed E-state index contributed by atoms with van der Waals surface area (Å²) < 4.78 is 1.33. The van der Waals surface area contributed by atoms with E-state index in [9.17, 15) is 9.59 Å². The first-order valence-corrected chi connectivity index (χ1v) is 15.9. The monoisotopic (exact) mass is 559 g/mol. The number of hydrogen-bond acceptors (Lipinski definition) is 4. The van der Waals surface area contributed by atoms with Gasteiger partial charge in [-0.1, -0.05) is 70.2 Å². The van der Waals surface area contributed by atoms with E-state index in [0.717, 1.165) is 45.6 Å². The highest BCUT2D eigenvalue weighted by atomic mass is 32.1. The highest BCUT2D eigenvalue weighted by Crippen LogP contribution is 2.39. The van der Waals surface area contributed by atoms with Crippen molar-refractivity contribution in [2.45, 2.75) is 71.9 Å². The predicted molar refractivity (Wildman–Crippen MR) is 166 cm³/mol. The summed E-state index contributed by atoms with van der Waals surface area (Å²) in [5.41, 5.74) is 2.69. The van der Waals surface area contributed by atoms with E-state index >= 15 is 0 Å². The summed E-state index contributed by atoms with van der Waals surface area (Å²) in [5.74, 6) is 1.69. The molecule has 0 N–H and O–H groups in total. The van der Waals surface area contributed by atoms with Gasteiger partial charge in [-0.15, -0.1) is 11.3 Å². The molecule has 2 aliphatic heterocycles. The maximum atomic E-state index is 13.7. The first-order chi connectivity index (χ1) is 19.2. The molecule has 5 nitrogen and oxygen atoms in total. The number of carbonyl (C=O) groups excluding carboxylic acids is 2. The van der Waals surface area contributed by atoms with Crippen molar-refractivity contribution in [2.75, 3.05) is 32.7 Å². The minimum absolute atomic E-state index is 0.146. The Kier molecular flexibility index (Phi) is 8.96. The number of hydrogen-bond donors (Lipinski definition) is 0. The van der Waals surface area contributed by atoms with E-state index in [4.69, 9.17) is 0 Å². The van der Waals surface area contributed by atoms with Gasteiger partial charge in [-0.05, 0) is 59.2 Å². The predicted octanol–water partition coefficient (Wildman–Crippen LogP) is 6.93. The number of piperazine rings is 1. The van der Waals surface area contributed by atoms with E-state index in [1.54, 1.807) is 6.92 Å². The molecule has 3 aromatic rings. The molecule has 2 aromatic carbocycles. The molecular weight excluding hydrogens is 514 g/mol. The minimum Gasteiger partial charge on any atom is -0.343 e. The molecule has 1 unspecified atom stereocenters. The molecule has 0 saturated carbocycles. The van der Waals surface area contributed by atoms with Crippen LogP contribution in [0, 0.1) is 11.8 Å². The zero-order chi connectivity index (χ0) is 28.4. The molecule has 2 fully saturated rings. The van der Waals surface area contributed by atoms with Crippen LogP contribution in [-0.4, -0.2) is 65.3 Å². The van der Waals surface area contributed by atoms with Crippen molar-refractivity contribution in [2.24, 2.45) is 11.8 Å². The van der Waals surface area contributed by atoms with Crippen molar-refractivity contribution in [3.05, 3.63) is 70.6 Å². The van der Waals surface area contributed by atoms with Crippen molar-refractivity contribution in [3.8, 4) is 0 Å². The quantitative estimate of drug-likeness (QED) is 0.315. The van der Waals surface area contributed by atoms with E-state index in [1.165, 1.54) is 26.1 Å². The lowest BCUT2D eigenvalue weighted by Gasteiger charge is -2.46. The normalized spacial score (nSPS) is 20.0. The topological polar surface area (TPSA) is 43.9 Å². The van der Waals surface area contributed by atoms with E-state index in [0.29, 0.717) is 30.1 Å². The van der Waals surface area contributed by atoms with Crippen LogP contribution >= 0.6 is 11.3 Å². The van der Waals surface area contributed by atoms with Crippen LogP contribution < -0.4 is 0 Å². The van der Waals surface area contributed by atoms with Gasteiger partial charge < -0.3 is 9.80 Å². The molecule has 214 valence electrons. The van der Waals surface area contributed by atoms with E-state index in [2.05, 4.69) is 92.1 Å². The van der Waals surface area contributed by atoms with Gasteiger partial charge in [0.15, 0.2) is 0 Å². The molecule has 40 heavy (non-hydrogen) atoms. The van der Waals surface area contributed by atoms with Gasteiger partial charge in [-0.2, -0.15) is 0 Å². The Morgan fingerprint density at radius 1 is 0.900 bits per heavy atom. The molecule has 0 spiro atoms. The van der Waals surface area contributed by atoms with Crippen LogP contribution in [0.1, 0.15) is 81.8 Å². The number of likely N-dealkylation sites (tertiary alicyclic amines) is 1. The fourth-order valence-corrected chi connectivity index (χ4v) is 7.75. The third-order valence-corrected chi connectivity index (χ3v) is 10.2. The van der Waals surface area contributed by atoms with Crippen LogP contribution in [0.4, 0.5) is 0 Å². The molecule has 2 amide bonds. The van der Waals surface area contributed by atoms with Gasteiger partial charge in [0.05, 0.1) is 6.04 Å². The SMILES string of the molecule is CC(=O)N1CCC(CC(=O)N2CCN(C(c3ccc(C(C)C)cc3)c3cc4ccccc4s3)C[C@@H]2C(C)C)CC1. The number of amides is 2. The Balaban J connectivity index is 1.36. The second-order valence-electron chi connectivity index (χ2n) is 12.5. The van der Waals surface area contributed by atoms with Crippen molar-refractivity contribution >= 4 is 33.2 Å². The summed E-state index contributed by atoms with van der Waals surface area (Å²) in [4.78, 5) is 33.5. The Labute approximate surface area is 244 Å². The fraction of sp³-hybridized carbons (Fsp3) is 0.529. The van der Waals surface area contributed by atoms with E-state index < -0.39 is 0 Å². The summed E-state index contributed by atoms with van der Waals surface area (Å²) in [7, 11) is 0. The number of thiophene rings is 1. The number of carbonyl (C=O) groups is 2. The Hall–Kier alpha value is -2.70. The lowest BCUT2D eigenvalue weighted by molar-refractivity contribution is -0.139. The van der Waals surface area contributed by atoms with Crippen LogP contribution in [0.2, 0.25) is 0 Å². The summed E-state index contributed by atoms with van der Waals surface area (Å²) in [6.45, 7) is 14.7. The number of nitrogens with zero attached hydrogens (tertiary/aromatic N) is 3.